The third-order valence-corrected chi connectivity index (χ3v) is 6.17. The molecular formula is C25H19F2NO5S. The molecule has 0 atom stereocenters. The quantitative estimate of drug-likeness (QED) is 0.323. The molecule has 1 aromatic heterocycles. The second kappa shape index (κ2) is 9.88. The van der Waals surface area contributed by atoms with Crippen LogP contribution in [0.5, 0.6) is 5.75 Å². The molecule has 4 aromatic rings. The fourth-order valence-electron chi connectivity index (χ4n) is 3.21. The van der Waals surface area contributed by atoms with Gasteiger partial charge in [0.25, 0.3) is 5.91 Å². The van der Waals surface area contributed by atoms with Gasteiger partial charge in [-0.2, -0.15) is 8.42 Å². The Kier molecular flexibility index (Phi) is 6.74. The molecule has 0 N–H and O–H groups in total. The van der Waals surface area contributed by atoms with Crippen LogP contribution < -0.4 is 4.18 Å². The number of hydrogen-bond acceptors (Lipinski definition) is 5. The Morgan fingerprint density at radius 3 is 2.03 bits per heavy atom. The van der Waals surface area contributed by atoms with Crippen molar-refractivity contribution in [3.05, 3.63) is 120 Å². The maximum absolute atomic E-state index is 13.3. The summed E-state index contributed by atoms with van der Waals surface area (Å²) in [6.07, 6.45) is 1.50. The molecule has 0 saturated carbocycles. The van der Waals surface area contributed by atoms with E-state index >= 15 is 0 Å². The van der Waals surface area contributed by atoms with Gasteiger partial charge in [-0.15, -0.1) is 0 Å². The summed E-state index contributed by atoms with van der Waals surface area (Å²) in [5.41, 5.74) is 1.02. The van der Waals surface area contributed by atoms with Crippen molar-refractivity contribution in [2.24, 2.45) is 0 Å². The summed E-state index contributed by atoms with van der Waals surface area (Å²) in [6.45, 7) is 0.363. The monoisotopic (exact) mass is 483 g/mol. The summed E-state index contributed by atoms with van der Waals surface area (Å²) in [7, 11) is -4.13. The highest BCUT2D eigenvalue weighted by Crippen LogP contribution is 2.21. The molecule has 0 aliphatic heterocycles. The number of benzene rings is 3. The normalized spacial score (nSPS) is 11.2. The smallest absolute Gasteiger partial charge is 0.339 e. The topological polar surface area (TPSA) is 76.8 Å². The minimum absolute atomic E-state index is 0.0653. The highest BCUT2D eigenvalue weighted by atomic mass is 32.2. The number of halogens is 2. The van der Waals surface area contributed by atoms with Gasteiger partial charge in [0.15, 0.2) is 0 Å². The first kappa shape index (κ1) is 23.2. The largest absolute Gasteiger partial charge is 0.467 e. The van der Waals surface area contributed by atoms with E-state index in [4.69, 9.17) is 8.60 Å². The van der Waals surface area contributed by atoms with Crippen molar-refractivity contribution in [3.63, 3.8) is 0 Å². The number of carbonyl (C=O) groups excluding carboxylic acids is 1. The van der Waals surface area contributed by atoms with Crippen LogP contribution in [0.15, 0.2) is 101 Å². The molecule has 0 unspecified atom stereocenters. The average Bonchev–Trinajstić information content (AvgIpc) is 3.33. The third kappa shape index (κ3) is 5.68. The molecule has 3 aromatic carbocycles. The molecule has 174 valence electrons. The molecule has 0 radical (unpaired) electrons. The second-order valence-electron chi connectivity index (χ2n) is 7.38. The van der Waals surface area contributed by atoms with Crippen LogP contribution in [0.25, 0.3) is 0 Å². The third-order valence-electron chi connectivity index (χ3n) is 4.91. The lowest BCUT2D eigenvalue weighted by Gasteiger charge is -2.22. The van der Waals surface area contributed by atoms with E-state index in [1.807, 2.05) is 0 Å². The summed E-state index contributed by atoms with van der Waals surface area (Å²) in [4.78, 5) is 14.4. The van der Waals surface area contributed by atoms with Crippen molar-refractivity contribution in [2.75, 3.05) is 0 Å². The zero-order chi connectivity index (χ0) is 24.1. The minimum Gasteiger partial charge on any atom is -0.467 e. The van der Waals surface area contributed by atoms with Gasteiger partial charge in [0.1, 0.15) is 28.0 Å². The molecule has 0 aliphatic rings. The molecule has 0 aliphatic carbocycles. The van der Waals surface area contributed by atoms with E-state index in [0.29, 0.717) is 16.9 Å². The number of amides is 1. The first-order chi connectivity index (χ1) is 16.3. The molecule has 0 saturated heterocycles. The first-order valence-electron chi connectivity index (χ1n) is 10.2. The number of carbonyl (C=O) groups is 1. The van der Waals surface area contributed by atoms with E-state index in [2.05, 4.69) is 0 Å². The van der Waals surface area contributed by atoms with E-state index in [-0.39, 0.29) is 29.6 Å². The van der Waals surface area contributed by atoms with Crippen molar-refractivity contribution >= 4 is 16.0 Å². The van der Waals surface area contributed by atoms with Crippen LogP contribution in [-0.4, -0.2) is 19.2 Å². The summed E-state index contributed by atoms with van der Waals surface area (Å²) in [5.74, 6) is -0.690. The molecule has 0 spiro atoms. The minimum atomic E-state index is -4.13. The van der Waals surface area contributed by atoms with E-state index in [0.717, 1.165) is 24.3 Å². The van der Waals surface area contributed by atoms with Gasteiger partial charge >= 0.3 is 10.1 Å². The van der Waals surface area contributed by atoms with Gasteiger partial charge in [-0.1, -0.05) is 12.1 Å². The number of rotatable bonds is 8. The van der Waals surface area contributed by atoms with Crippen molar-refractivity contribution in [2.45, 2.75) is 18.0 Å². The van der Waals surface area contributed by atoms with Gasteiger partial charge in [0.2, 0.25) is 0 Å². The van der Waals surface area contributed by atoms with E-state index in [9.17, 15) is 22.0 Å². The van der Waals surface area contributed by atoms with Gasteiger partial charge in [-0.25, -0.2) is 8.78 Å². The Morgan fingerprint density at radius 1 is 0.824 bits per heavy atom. The molecule has 1 amide bonds. The zero-order valence-electron chi connectivity index (χ0n) is 17.7. The Labute approximate surface area is 195 Å². The first-order valence-corrected chi connectivity index (χ1v) is 11.6. The summed E-state index contributed by atoms with van der Waals surface area (Å²) in [5, 5.41) is 0. The lowest BCUT2D eigenvalue weighted by molar-refractivity contribution is 0.0717. The summed E-state index contributed by atoms with van der Waals surface area (Å²) >= 11 is 0. The standard InChI is InChI=1S/C25H19F2NO5S/c26-20-7-5-19(6-8-20)25(29)28(17-23-2-1-15-32-23)16-18-3-11-22(12-4-18)33-34(30,31)24-13-9-21(27)10-14-24/h1-15H,16-17H2. The fourth-order valence-corrected chi connectivity index (χ4v) is 4.14. The van der Waals surface area contributed by atoms with Crippen molar-refractivity contribution in [1.29, 1.82) is 0 Å². The highest BCUT2D eigenvalue weighted by Gasteiger charge is 2.19. The number of hydrogen-bond donors (Lipinski definition) is 0. The molecule has 6 nitrogen and oxygen atoms in total. The zero-order valence-corrected chi connectivity index (χ0v) is 18.5. The second-order valence-corrected chi connectivity index (χ2v) is 8.93. The lowest BCUT2D eigenvalue weighted by atomic mass is 10.1. The van der Waals surface area contributed by atoms with Crippen LogP contribution in [-0.2, 0) is 23.2 Å². The highest BCUT2D eigenvalue weighted by molar-refractivity contribution is 7.87. The SMILES string of the molecule is O=C(c1ccc(F)cc1)N(Cc1ccc(OS(=O)(=O)c2ccc(F)cc2)cc1)Cc1ccco1. The van der Waals surface area contributed by atoms with Gasteiger partial charge < -0.3 is 13.5 Å². The van der Waals surface area contributed by atoms with E-state index < -0.39 is 21.8 Å². The molecule has 4 rings (SSSR count). The Morgan fingerprint density at radius 2 is 1.44 bits per heavy atom. The van der Waals surface area contributed by atoms with Crippen LogP contribution in [0.4, 0.5) is 8.78 Å². The van der Waals surface area contributed by atoms with Crippen molar-refractivity contribution in [3.8, 4) is 5.75 Å². The van der Waals surface area contributed by atoms with E-state index in [1.165, 1.54) is 47.6 Å². The van der Waals surface area contributed by atoms with E-state index in [1.54, 1.807) is 24.3 Å². The van der Waals surface area contributed by atoms with Crippen LogP contribution in [0, 0.1) is 11.6 Å². The predicted octanol–water partition coefficient (Wildman–Crippen LogP) is 5.17. The molecular weight excluding hydrogens is 464 g/mol. The number of nitrogens with zero attached hydrogens (tertiary/aromatic N) is 1. The van der Waals surface area contributed by atoms with Crippen LogP contribution in [0.1, 0.15) is 21.7 Å². The lowest BCUT2D eigenvalue weighted by Crippen LogP contribution is -2.30. The Hall–Kier alpha value is -3.98. The van der Waals surface area contributed by atoms with Crippen molar-refractivity contribution in [1.82, 2.24) is 4.90 Å². The molecule has 34 heavy (non-hydrogen) atoms. The maximum Gasteiger partial charge on any atom is 0.339 e. The Bertz CT molecular complexity index is 1350. The summed E-state index contributed by atoms with van der Waals surface area (Å²) in [6, 6.07) is 19.2. The van der Waals surface area contributed by atoms with Gasteiger partial charge in [-0.05, 0) is 78.4 Å². The number of furan rings is 1. The Balaban J connectivity index is 1.50. The van der Waals surface area contributed by atoms with Crippen LogP contribution in [0.2, 0.25) is 0 Å². The average molecular weight is 483 g/mol. The van der Waals surface area contributed by atoms with Crippen LogP contribution in [0.3, 0.4) is 0 Å². The maximum atomic E-state index is 13.3. The molecule has 0 fully saturated rings. The van der Waals surface area contributed by atoms with Crippen molar-refractivity contribution < 1.29 is 30.6 Å². The van der Waals surface area contributed by atoms with Crippen LogP contribution >= 0.6 is 0 Å². The summed E-state index contributed by atoms with van der Waals surface area (Å²) < 4.78 is 61.6. The van der Waals surface area contributed by atoms with Gasteiger partial charge in [0.05, 0.1) is 12.8 Å². The molecule has 0 bridgehead atoms. The molecule has 1 heterocycles. The fraction of sp³-hybridized carbons (Fsp3) is 0.0800. The molecule has 9 heteroatoms. The van der Waals surface area contributed by atoms with Gasteiger partial charge in [0, 0.05) is 12.1 Å². The predicted molar refractivity (Wildman–Crippen MR) is 119 cm³/mol. The van der Waals surface area contributed by atoms with Gasteiger partial charge in [-0.3, -0.25) is 4.79 Å².